The van der Waals surface area contributed by atoms with Crippen molar-refractivity contribution >= 4 is 11.7 Å². The van der Waals surface area contributed by atoms with Crippen LogP contribution >= 0.6 is 0 Å². The number of hydrogen-bond acceptors (Lipinski definition) is 2. The standard InChI is InChI=1S/C10H17N3O/c1-5-12-6-7-13(8(2)3)10(14)9(12)11-4/h5,8H,1,6-7H2,2-4H3. The van der Waals surface area contributed by atoms with Crippen LogP contribution in [0.3, 0.4) is 0 Å². The van der Waals surface area contributed by atoms with E-state index in [1.165, 1.54) is 0 Å². The van der Waals surface area contributed by atoms with Gasteiger partial charge in [-0.3, -0.25) is 9.79 Å². The van der Waals surface area contributed by atoms with E-state index >= 15 is 0 Å². The molecule has 1 saturated heterocycles. The molecule has 1 aliphatic rings. The Morgan fingerprint density at radius 3 is 2.57 bits per heavy atom. The molecule has 1 fully saturated rings. The molecule has 0 aromatic heterocycles. The topological polar surface area (TPSA) is 35.9 Å². The molecule has 0 unspecified atom stereocenters. The van der Waals surface area contributed by atoms with Crippen molar-refractivity contribution in [2.75, 3.05) is 20.1 Å². The van der Waals surface area contributed by atoms with Gasteiger partial charge in [0.25, 0.3) is 5.91 Å². The molecule has 0 spiro atoms. The number of carbonyl (C=O) groups is 1. The van der Waals surface area contributed by atoms with E-state index in [2.05, 4.69) is 11.6 Å². The van der Waals surface area contributed by atoms with Crippen LogP contribution in [-0.2, 0) is 4.79 Å². The van der Waals surface area contributed by atoms with Gasteiger partial charge in [-0.1, -0.05) is 6.58 Å². The first-order valence-corrected chi connectivity index (χ1v) is 4.78. The molecule has 4 heteroatoms. The highest BCUT2D eigenvalue weighted by molar-refractivity contribution is 6.38. The number of amidine groups is 1. The summed E-state index contributed by atoms with van der Waals surface area (Å²) in [5.74, 6) is 0.480. The number of hydrogen-bond donors (Lipinski definition) is 0. The fourth-order valence-electron chi connectivity index (χ4n) is 1.57. The monoisotopic (exact) mass is 195 g/mol. The van der Waals surface area contributed by atoms with Crippen LogP contribution < -0.4 is 0 Å². The minimum absolute atomic E-state index is 0.00588. The number of aliphatic imine (C=N–C) groups is 1. The third-order valence-electron chi connectivity index (χ3n) is 2.36. The van der Waals surface area contributed by atoms with Gasteiger partial charge in [-0.15, -0.1) is 0 Å². The highest BCUT2D eigenvalue weighted by atomic mass is 16.2. The Balaban J connectivity index is 2.88. The largest absolute Gasteiger partial charge is 0.332 e. The summed E-state index contributed by atoms with van der Waals surface area (Å²) >= 11 is 0. The van der Waals surface area contributed by atoms with Gasteiger partial charge in [0.15, 0.2) is 5.84 Å². The Hall–Kier alpha value is -1.32. The summed E-state index contributed by atoms with van der Waals surface area (Å²) in [6, 6.07) is 0.228. The van der Waals surface area contributed by atoms with E-state index in [9.17, 15) is 4.79 Å². The fraction of sp³-hybridized carbons (Fsp3) is 0.600. The molecule has 0 atom stereocenters. The van der Waals surface area contributed by atoms with Crippen LogP contribution in [0.1, 0.15) is 13.8 Å². The van der Waals surface area contributed by atoms with Gasteiger partial charge < -0.3 is 9.80 Å². The molecule has 1 heterocycles. The van der Waals surface area contributed by atoms with E-state index in [0.717, 1.165) is 13.1 Å². The van der Waals surface area contributed by atoms with E-state index in [-0.39, 0.29) is 11.9 Å². The smallest absolute Gasteiger partial charge is 0.289 e. The second-order valence-corrected chi connectivity index (χ2v) is 3.52. The average molecular weight is 195 g/mol. The SMILES string of the molecule is C=CN1CCN(C(C)C)C(=O)C1=NC. The lowest BCUT2D eigenvalue weighted by atomic mass is 10.2. The zero-order chi connectivity index (χ0) is 10.7. The fourth-order valence-corrected chi connectivity index (χ4v) is 1.57. The Labute approximate surface area is 84.9 Å². The second-order valence-electron chi connectivity index (χ2n) is 3.52. The minimum Gasteiger partial charge on any atom is -0.332 e. The normalized spacial score (nSPS) is 20.9. The molecule has 0 aliphatic carbocycles. The maximum absolute atomic E-state index is 11.9. The van der Waals surface area contributed by atoms with E-state index in [1.807, 2.05) is 18.7 Å². The van der Waals surface area contributed by atoms with E-state index in [1.54, 1.807) is 18.1 Å². The average Bonchev–Trinajstić information content (AvgIpc) is 2.16. The molecule has 0 N–H and O–H groups in total. The molecule has 0 radical (unpaired) electrons. The van der Waals surface area contributed by atoms with Crippen molar-refractivity contribution in [3.05, 3.63) is 12.8 Å². The van der Waals surface area contributed by atoms with Crippen LogP contribution in [0.5, 0.6) is 0 Å². The first-order chi connectivity index (χ1) is 6.61. The minimum atomic E-state index is -0.00588. The van der Waals surface area contributed by atoms with Gasteiger partial charge >= 0.3 is 0 Å². The zero-order valence-corrected chi connectivity index (χ0v) is 9.03. The number of piperazine rings is 1. The molecule has 4 nitrogen and oxygen atoms in total. The molecule has 0 aromatic rings. The number of nitrogens with zero attached hydrogens (tertiary/aromatic N) is 3. The molecular formula is C10H17N3O. The molecule has 0 aromatic carbocycles. The Bertz CT molecular complexity index is 271. The summed E-state index contributed by atoms with van der Waals surface area (Å²) in [6.45, 7) is 9.19. The van der Waals surface area contributed by atoms with Crippen molar-refractivity contribution in [1.29, 1.82) is 0 Å². The summed E-state index contributed by atoms with van der Waals surface area (Å²) in [4.78, 5) is 19.5. The molecule has 78 valence electrons. The molecule has 1 rings (SSSR count). The van der Waals surface area contributed by atoms with Crippen molar-refractivity contribution in [3.8, 4) is 0 Å². The summed E-state index contributed by atoms with van der Waals surface area (Å²) in [7, 11) is 1.63. The van der Waals surface area contributed by atoms with Crippen LogP contribution in [0.4, 0.5) is 0 Å². The van der Waals surface area contributed by atoms with Gasteiger partial charge in [0, 0.05) is 26.2 Å². The summed E-state index contributed by atoms with van der Waals surface area (Å²) in [5, 5.41) is 0. The lowest BCUT2D eigenvalue weighted by molar-refractivity contribution is -0.127. The van der Waals surface area contributed by atoms with Gasteiger partial charge in [-0.05, 0) is 20.0 Å². The van der Waals surface area contributed by atoms with E-state index < -0.39 is 0 Å². The van der Waals surface area contributed by atoms with Crippen molar-refractivity contribution in [1.82, 2.24) is 9.80 Å². The molecule has 1 amide bonds. The van der Waals surface area contributed by atoms with Crippen LogP contribution in [0.2, 0.25) is 0 Å². The highest BCUT2D eigenvalue weighted by Gasteiger charge is 2.29. The van der Waals surface area contributed by atoms with Gasteiger partial charge in [-0.2, -0.15) is 0 Å². The third kappa shape index (κ3) is 1.78. The number of amides is 1. The summed E-state index contributed by atoms with van der Waals surface area (Å²) in [6.07, 6.45) is 1.65. The van der Waals surface area contributed by atoms with Crippen molar-refractivity contribution in [2.24, 2.45) is 4.99 Å². The number of rotatable bonds is 2. The Morgan fingerprint density at radius 1 is 1.50 bits per heavy atom. The first-order valence-electron chi connectivity index (χ1n) is 4.78. The van der Waals surface area contributed by atoms with Gasteiger partial charge in [0.1, 0.15) is 0 Å². The van der Waals surface area contributed by atoms with Crippen LogP contribution in [0.25, 0.3) is 0 Å². The van der Waals surface area contributed by atoms with Crippen molar-refractivity contribution in [3.63, 3.8) is 0 Å². The van der Waals surface area contributed by atoms with Gasteiger partial charge in [0.05, 0.1) is 0 Å². The maximum Gasteiger partial charge on any atom is 0.289 e. The van der Waals surface area contributed by atoms with Crippen molar-refractivity contribution < 1.29 is 4.79 Å². The Kier molecular flexibility index (Phi) is 3.28. The molecule has 0 saturated carbocycles. The molecule has 14 heavy (non-hydrogen) atoms. The summed E-state index contributed by atoms with van der Waals surface area (Å²) in [5.41, 5.74) is 0. The quantitative estimate of drug-likeness (QED) is 0.650. The van der Waals surface area contributed by atoms with E-state index in [4.69, 9.17) is 0 Å². The lowest BCUT2D eigenvalue weighted by Crippen LogP contribution is -2.54. The van der Waals surface area contributed by atoms with Crippen LogP contribution in [0.15, 0.2) is 17.8 Å². The summed E-state index contributed by atoms with van der Waals surface area (Å²) < 4.78 is 0. The van der Waals surface area contributed by atoms with E-state index in [0.29, 0.717) is 5.84 Å². The molecule has 0 bridgehead atoms. The Morgan fingerprint density at radius 2 is 2.14 bits per heavy atom. The third-order valence-corrected chi connectivity index (χ3v) is 2.36. The highest BCUT2D eigenvalue weighted by Crippen LogP contribution is 2.09. The predicted octanol–water partition coefficient (Wildman–Crippen LogP) is 0.711. The number of carbonyl (C=O) groups excluding carboxylic acids is 1. The second kappa shape index (κ2) is 4.26. The molecular weight excluding hydrogens is 178 g/mol. The first kappa shape index (κ1) is 10.8. The predicted molar refractivity (Wildman–Crippen MR) is 57.1 cm³/mol. The zero-order valence-electron chi connectivity index (χ0n) is 9.03. The van der Waals surface area contributed by atoms with Gasteiger partial charge in [-0.25, -0.2) is 0 Å². The lowest BCUT2D eigenvalue weighted by Gasteiger charge is -2.36. The molecule has 1 aliphatic heterocycles. The van der Waals surface area contributed by atoms with Crippen LogP contribution in [-0.4, -0.2) is 47.7 Å². The maximum atomic E-state index is 11.9. The van der Waals surface area contributed by atoms with Crippen LogP contribution in [0, 0.1) is 0 Å². The van der Waals surface area contributed by atoms with Crippen molar-refractivity contribution in [2.45, 2.75) is 19.9 Å². The van der Waals surface area contributed by atoms with Gasteiger partial charge in [0.2, 0.25) is 0 Å².